The molecule has 1 fully saturated rings. The van der Waals surface area contributed by atoms with Gasteiger partial charge in [-0.05, 0) is 18.6 Å². The molecule has 0 radical (unpaired) electrons. The summed E-state index contributed by atoms with van der Waals surface area (Å²) in [5.41, 5.74) is -0.691. The third-order valence-corrected chi connectivity index (χ3v) is 3.12. The zero-order chi connectivity index (χ0) is 8.32. The smallest absolute Gasteiger partial charge is 0.303 e. The van der Waals surface area contributed by atoms with Gasteiger partial charge in [0.25, 0.3) is 0 Å². The fourth-order valence-corrected chi connectivity index (χ4v) is 2.47. The highest BCUT2D eigenvalue weighted by Gasteiger charge is 2.31. The second kappa shape index (κ2) is 3.45. The van der Waals surface area contributed by atoms with Crippen LogP contribution in [0, 0.1) is 0 Å². The van der Waals surface area contributed by atoms with Gasteiger partial charge in [-0.15, -0.1) is 0 Å². The lowest BCUT2D eigenvalue weighted by Gasteiger charge is -2.19. The Morgan fingerprint density at radius 1 is 1.64 bits per heavy atom. The Hall–Kier alpha value is -0.220. The average molecular weight is 176 g/mol. The van der Waals surface area contributed by atoms with E-state index >= 15 is 0 Å². The van der Waals surface area contributed by atoms with Crippen molar-refractivity contribution in [1.82, 2.24) is 0 Å². The summed E-state index contributed by atoms with van der Waals surface area (Å²) in [5.74, 6) is 0.825. The summed E-state index contributed by atoms with van der Waals surface area (Å²) in [6.45, 7) is 0. The van der Waals surface area contributed by atoms with E-state index in [1.165, 1.54) is 0 Å². The predicted octanol–water partition coefficient (Wildman–Crippen LogP) is 0.719. The molecule has 0 aromatic rings. The second-order valence-electron chi connectivity index (χ2n) is 2.92. The first-order chi connectivity index (χ1) is 5.12. The van der Waals surface area contributed by atoms with Crippen molar-refractivity contribution in [3.63, 3.8) is 0 Å². The zero-order valence-electron chi connectivity index (χ0n) is 6.25. The van der Waals surface area contributed by atoms with Gasteiger partial charge in [-0.2, -0.15) is 11.8 Å². The lowest BCUT2D eigenvalue weighted by molar-refractivity contribution is -0.138. The molecule has 11 heavy (non-hydrogen) atoms. The minimum atomic E-state index is -0.824. The molecule has 1 saturated heterocycles. The number of hydrogen-bond donors (Lipinski definition) is 2. The molecule has 0 aromatic carbocycles. The molecule has 2 N–H and O–H groups in total. The number of rotatable bonds is 3. The van der Waals surface area contributed by atoms with Gasteiger partial charge >= 0.3 is 5.97 Å². The summed E-state index contributed by atoms with van der Waals surface area (Å²) in [6.07, 6.45) is 1.22. The van der Waals surface area contributed by atoms with E-state index in [9.17, 15) is 9.90 Å². The molecule has 1 unspecified atom stereocenters. The van der Waals surface area contributed by atoms with Crippen LogP contribution in [0.4, 0.5) is 0 Å². The predicted molar refractivity (Wildman–Crippen MR) is 43.8 cm³/mol. The lowest BCUT2D eigenvalue weighted by atomic mass is 9.97. The van der Waals surface area contributed by atoms with Crippen molar-refractivity contribution in [3.8, 4) is 0 Å². The summed E-state index contributed by atoms with van der Waals surface area (Å²) >= 11 is 1.69. The highest BCUT2D eigenvalue weighted by molar-refractivity contribution is 7.99. The van der Waals surface area contributed by atoms with Gasteiger partial charge in [-0.1, -0.05) is 0 Å². The van der Waals surface area contributed by atoms with Crippen molar-refractivity contribution in [2.45, 2.75) is 24.9 Å². The van der Waals surface area contributed by atoms with Gasteiger partial charge in [-0.3, -0.25) is 4.79 Å². The Balaban J connectivity index is 2.28. The lowest BCUT2D eigenvalue weighted by Crippen LogP contribution is -2.28. The summed E-state index contributed by atoms with van der Waals surface area (Å²) in [7, 11) is 0. The Labute approximate surface area is 69.8 Å². The molecule has 0 amide bonds. The van der Waals surface area contributed by atoms with E-state index in [0.717, 1.165) is 12.2 Å². The van der Waals surface area contributed by atoms with Crippen LogP contribution >= 0.6 is 11.8 Å². The number of thioether (sulfide) groups is 1. The first-order valence-electron chi connectivity index (χ1n) is 3.64. The summed E-state index contributed by atoms with van der Waals surface area (Å²) in [5, 5.41) is 18.0. The molecule has 0 aromatic heterocycles. The fraction of sp³-hybridized carbons (Fsp3) is 0.857. The van der Waals surface area contributed by atoms with E-state index in [-0.39, 0.29) is 6.42 Å². The SMILES string of the molecule is O=C(O)CCC1(O)CCSC1. The highest BCUT2D eigenvalue weighted by atomic mass is 32.2. The number of carbonyl (C=O) groups is 1. The molecule has 0 bridgehead atoms. The van der Waals surface area contributed by atoms with Crippen molar-refractivity contribution in [2.24, 2.45) is 0 Å². The van der Waals surface area contributed by atoms with E-state index < -0.39 is 11.6 Å². The van der Waals surface area contributed by atoms with Crippen molar-refractivity contribution in [1.29, 1.82) is 0 Å². The van der Waals surface area contributed by atoms with E-state index in [1.54, 1.807) is 11.8 Å². The van der Waals surface area contributed by atoms with Gasteiger partial charge in [0, 0.05) is 12.2 Å². The third kappa shape index (κ3) is 2.71. The van der Waals surface area contributed by atoms with E-state index in [1.807, 2.05) is 0 Å². The van der Waals surface area contributed by atoms with Crippen molar-refractivity contribution < 1.29 is 15.0 Å². The van der Waals surface area contributed by atoms with Crippen molar-refractivity contribution in [2.75, 3.05) is 11.5 Å². The van der Waals surface area contributed by atoms with Gasteiger partial charge in [0.15, 0.2) is 0 Å². The molecular formula is C7H12O3S. The molecular weight excluding hydrogens is 164 g/mol. The third-order valence-electron chi connectivity index (χ3n) is 1.89. The molecule has 1 atom stereocenters. The molecule has 0 aliphatic carbocycles. The Bertz CT molecular complexity index is 152. The first kappa shape index (κ1) is 8.87. The molecule has 1 heterocycles. The molecule has 64 valence electrons. The van der Waals surface area contributed by atoms with Gasteiger partial charge in [-0.25, -0.2) is 0 Å². The van der Waals surface area contributed by atoms with Crippen LogP contribution in [-0.4, -0.2) is 33.3 Å². The number of carboxylic acids is 1. The normalized spacial score (nSPS) is 30.6. The number of aliphatic carboxylic acids is 1. The van der Waals surface area contributed by atoms with Crippen molar-refractivity contribution in [3.05, 3.63) is 0 Å². The summed E-state index contributed by atoms with van der Waals surface area (Å²) < 4.78 is 0. The fourth-order valence-electron chi connectivity index (χ4n) is 1.13. The molecule has 0 saturated carbocycles. The van der Waals surface area contributed by atoms with E-state index in [4.69, 9.17) is 5.11 Å². The van der Waals surface area contributed by atoms with Crippen LogP contribution in [-0.2, 0) is 4.79 Å². The maximum atomic E-state index is 10.2. The largest absolute Gasteiger partial charge is 0.481 e. The van der Waals surface area contributed by atoms with E-state index in [0.29, 0.717) is 12.2 Å². The van der Waals surface area contributed by atoms with Crippen LogP contribution in [0.3, 0.4) is 0 Å². The van der Waals surface area contributed by atoms with Crippen LogP contribution in [0.15, 0.2) is 0 Å². The topological polar surface area (TPSA) is 57.5 Å². The Kier molecular flexibility index (Phi) is 2.78. The minimum Gasteiger partial charge on any atom is -0.481 e. The molecule has 3 nitrogen and oxygen atoms in total. The summed E-state index contributed by atoms with van der Waals surface area (Å²) in [6, 6.07) is 0. The number of aliphatic hydroxyl groups is 1. The molecule has 1 aliphatic heterocycles. The molecule has 1 rings (SSSR count). The quantitative estimate of drug-likeness (QED) is 0.665. The Morgan fingerprint density at radius 3 is 2.82 bits per heavy atom. The van der Waals surface area contributed by atoms with Crippen LogP contribution in [0.25, 0.3) is 0 Å². The maximum Gasteiger partial charge on any atom is 0.303 e. The van der Waals surface area contributed by atoms with Gasteiger partial charge in [0.05, 0.1) is 5.60 Å². The highest BCUT2D eigenvalue weighted by Crippen LogP contribution is 2.31. The first-order valence-corrected chi connectivity index (χ1v) is 4.80. The van der Waals surface area contributed by atoms with E-state index in [2.05, 4.69) is 0 Å². The monoisotopic (exact) mass is 176 g/mol. The maximum absolute atomic E-state index is 10.2. The second-order valence-corrected chi connectivity index (χ2v) is 4.03. The van der Waals surface area contributed by atoms with Crippen LogP contribution < -0.4 is 0 Å². The Morgan fingerprint density at radius 2 is 2.36 bits per heavy atom. The van der Waals surface area contributed by atoms with Crippen molar-refractivity contribution >= 4 is 17.7 Å². The number of carboxylic acid groups (broad SMARTS) is 1. The number of hydrogen-bond acceptors (Lipinski definition) is 3. The van der Waals surface area contributed by atoms with Gasteiger partial charge in [0.2, 0.25) is 0 Å². The molecule has 0 spiro atoms. The van der Waals surface area contributed by atoms with Gasteiger partial charge < -0.3 is 10.2 Å². The molecule has 4 heteroatoms. The average Bonchev–Trinajstić information content (AvgIpc) is 2.33. The van der Waals surface area contributed by atoms with Crippen LogP contribution in [0.2, 0.25) is 0 Å². The van der Waals surface area contributed by atoms with Gasteiger partial charge in [0.1, 0.15) is 0 Å². The zero-order valence-corrected chi connectivity index (χ0v) is 7.06. The van der Waals surface area contributed by atoms with Crippen LogP contribution in [0.1, 0.15) is 19.3 Å². The minimum absolute atomic E-state index is 0.0804. The summed E-state index contributed by atoms with van der Waals surface area (Å²) in [4.78, 5) is 10.2. The molecule has 1 aliphatic rings. The van der Waals surface area contributed by atoms with Crippen LogP contribution in [0.5, 0.6) is 0 Å². The standard InChI is InChI=1S/C7H12O3S/c8-6(9)1-2-7(10)3-4-11-5-7/h10H,1-5H2,(H,8,9).